The summed E-state index contributed by atoms with van der Waals surface area (Å²) in [5.41, 5.74) is 0.287. The van der Waals surface area contributed by atoms with Gasteiger partial charge in [0.1, 0.15) is 5.52 Å². The fourth-order valence-electron chi connectivity index (χ4n) is 1.04. The van der Waals surface area contributed by atoms with Crippen LogP contribution in [-0.4, -0.2) is 20.1 Å². The summed E-state index contributed by atoms with van der Waals surface area (Å²) < 4.78 is 1.25. The molecule has 0 aliphatic rings. The molecule has 5 heteroatoms. The first-order valence-corrected chi connectivity index (χ1v) is 3.85. The maximum Gasteiger partial charge on any atom is 0.227 e. The van der Waals surface area contributed by atoms with E-state index in [0.29, 0.717) is 0 Å². The van der Waals surface area contributed by atoms with Crippen molar-refractivity contribution in [2.24, 2.45) is 0 Å². The number of alkyl halides is 1. The molecule has 0 fully saturated rings. The summed E-state index contributed by atoms with van der Waals surface area (Å²) in [7, 11) is 0. The van der Waals surface area contributed by atoms with E-state index in [1.807, 2.05) is 12.1 Å². The third kappa shape index (κ3) is 1.05. The van der Waals surface area contributed by atoms with Gasteiger partial charge in [0.2, 0.25) is 5.69 Å². The number of fused-ring (bicyclic) bond motifs is 1. The summed E-state index contributed by atoms with van der Waals surface area (Å²) in [6, 6.07) is 7.28. The Balaban J connectivity index is 2.70. The van der Waals surface area contributed by atoms with Gasteiger partial charge in [0, 0.05) is 0 Å². The van der Waals surface area contributed by atoms with Crippen molar-refractivity contribution in [2.75, 3.05) is 0 Å². The van der Waals surface area contributed by atoms with Crippen molar-refractivity contribution in [2.45, 2.75) is 5.69 Å². The quantitative estimate of drug-likeness (QED) is 0.674. The lowest BCUT2D eigenvalue weighted by molar-refractivity contribution is 0.177. The van der Waals surface area contributed by atoms with Crippen LogP contribution >= 0.6 is 11.6 Å². The third-order valence-corrected chi connectivity index (χ3v) is 1.76. The highest BCUT2D eigenvalue weighted by molar-refractivity contribution is 6.18. The third-order valence-electron chi connectivity index (χ3n) is 1.58. The zero-order valence-electron chi connectivity index (χ0n) is 6.05. The van der Waals surface area contributed by atoms with Crippen molar-refractivity contribution in [1.82, 2.24) is 15.0 Å². The Morgan fingerprint density at radius 2 is 2.17 bits per heavy atom. The minimum atomic E-state index is -1.16. The second-order valence-electron chi connectivity index (χ2n) is 2.33. The van der Waals surface area contributed by atoms with Gasteiger partial charge < -0.3 is 5.11 Å². The molecule has 1 aromatic heterocycles. The second kappa shape index (κ2) is 2.73. The van der Waals surface area contributed by atoms with Gasteiger partial charge in [-0.05, 0) is 12.1 Å². The molecule has 0 saturated carbocycles. The van der Waals surface area contributed by atoms with Crippen molar-refractivity contribution >= 4 is 22.6 Å². The van der Waals surface area contributed by atoms with Gasteiger partial charge in [0.15, 0.2) is 0 Å². The molecule has 0 radical (unpaired) electrons. The first-order chi connectivity index (χ1) is 5.79. The van der Waals surface area contributed by atoms with Gasteiger partial charge >= 0.3 is 0 Å². The van der Waals surface area contributed by atoms with Crippen LogP contribution in [0, 0.1) is 0 Å². The molecule has 12 heavy (non-hydrogen) atoms. The lowest BCUT2D eigenvalue weighted by atomic mass is 10.3. The van der Waals surface area contributed by atoms with Crippen molar-refractivity contribution in [3.63, 3.8) is 0 Å². The number of hydrogen-bond donors (Lipinski definition) is 1. The van der Waals surface area contributed by atoms with Gasteiger partial charge in [-0.15, -0.1) is 5.10 Å². The van der Waals surface area contributed by atoms with Crippen molar-refractivity contribution < 1.29 is 5.11 Å². The van der Waals surface area contributed by atoms with Gasteiger partial charge in [-0.3, -0.25) is 0 Å². The van der Waals surface area contributed by atoms with E-state index in [0.717, 1.165) is 11.0 Å². The van der Waals surface area contributed by atoms with Gasteiger partial charge in [-0.1, -0.05) is 28.9 Å². The molecular formula is C7H6ClN3O. The highest BCUT2D eigenvalue weighted by Crippen LogP contribution is 2.15. The minimum Gasteiger partial charge on any atom is -0.359 e. The Kier molecular flexibility index (Phi) is 1.71. The Labute approximate surface area is 73.4 Å². The fraction of sp³-hybridized carbons (Fsp3) is 0.143. The highest BCUT2D eigenvalue weighted by atomic mass is 35.5. The van der Waals surface area contributed by atoms with Crippen LogP contribution in [0.1, 0.15) is 5.69 Å². The zero-order chi connectivity index (χ0) is 8.55. The molecule has 1 heterocycles. The maximum absolute atomic E-state index is 9.04. The predicted octanol–water partition coefficient (Wildman–Crippen LogP) is 1.12. The van der Waals surface area contributed by atoms with Gasteiger partial charge in [0.05, 0.1) is 5.52 Å². The summed E-state index contributed by atoms with van der Waals surface area (Å²) in [5, 5.41) is 16.5. The van der Waals surface area contributed by atoms with E-state index in [-0.39, 0.29) is 0 Å². The largest absolute Gasteiger partial charge is 0.359 e. The van der Waals surface area contributed by atoms with E-state index in [1.165, 1.54) is 4.68 Å². The van der Waals surface area contributed by atoms with E-state index in [4.69, 9.17) is 16.7 Å². The summed E-state index contributed by atoms with van der Waals surface area (Å²) in [5.74, 6) is 0. The predicted molar refractivity (Wildman–Crippen MR) is 44.6 cm³/mol. The van der Waals surface area contributed by atoms with Gasteiger partial charge in [-0.2, -0.15) is 0 Å². The van der Waals surface area contributed by atoms with Crippen LogP contribution in [0.25, 0.3) is 11.0 Å². The number of benzene rings is 1. The molecule has 1 atom stereocenters. The van der Waals surface area contributed by atoms with Crippen LogP contribution in [0.15, 0.2) is 24.3 Å². The Bertz CT molecular complexity index is 398. The minimum absolute atomic E-state index is 0.720. The molecule has 0 aliphatic carbocycles. The SMILES string of the molecule is OC(Cl)n1nnc2ccccc21. The van der Waals surface area contributed by atoms with Gasteiger partial charge in [0.25, 0.3) is 0 Å². The van der Waals surface area contributed by atoms with E-state index in [2.05, 4.69) is 10.3 Å². The Morgan fingerprint density at radius 1 is 1.42 bits per heavy atom. The first kappa shape index (κ1) is 7.52. The second-order valence-corrected chi connectivity index (χ2v) is 2.72. The smallest absolute Gasteiger partial charge is 0.227 e. The van der Waals surface area contributed by atoms with Crippen LogP contribution in [-0.2, 0) is 0 Å². The van der Waals surface area contributed by atoms with Gasteiger partial charge in [-0.25, -0.2) is 4.68 Å². The average molecular weight is 184 g/mol. The average Bonchev–Trinajstić information content (AvgIpc) is 2.47. The molecule has 1 aromatic carbocycles. The molecule has 1 N–H and O–H groups in total. The van der Waals surface area contributed by atoms with Crippen LogP contribution in [0.4, 0.5) is 0 Å². The first-order valence-electron chi connectivity index (χ1n) is 3.41. The zero-order valence-corrected chi connectivity index (χ0v) is 6.81. The number of nitrogens with zero attached hydrogens (tertiary/aromatic N) is 3. The molecule has 2 aromatic rings. The van der Waals surface area contributed by atoms with E-state index in [9.17, 15) is 0 Å². The van der Waals surface area contributed by atoms with Crippen LogP contribution in [0.2, 0.25) is 0 Å². The molecule has 0 aliphatic heterocycles. The normalized spacial score (nSPS) is 13.5. The molecular weight excluding hydrogens is 178 g/mol. The van der Waals surface area contributed by atoms with E-state index < -0.39 is 5.69 Å². The maximum atomic E-state index is 9.04. The molecule has 62 valence electrons. The summed E-state index contributed by atoms with van der Waals surface area (Å²) >= 11 is 5.44. The topological polar surface area (TPSA) is 50.9 Å². The summed E-state index contributed by atoms with van der Waals surface area (Å²) in [6.45, 7) is 0. The van der Waals surface area contributed by atoms with Crippen molar-refractivity contribution in [1.29, 1.82) is 0 Å². The summed E-state index contributed by atoms with van der Waals surface area (Å²) in [6.07, 6.45) is 0. The molecule has 1 unspecified atom stereocenters. The number of aliphatic hydroxyl groups is 1. The van der Waals surface area contributed by atoms with Crippen LogP contribution in [0.5, 0.6) is 0 Å². The van der Waals surface area contributed by atoms with Crippen molar-refractivity contribution in [3.8, 4) is 0 Å². The fourth-order valence-corrected chi connectivity index (χ4v) is 1.19. The lowest BCUT2D eigenvalue weighted by Gasteiger charge is -2.00. The molecule has 0 spiro atoms. The van der Waals surface area contributed by atoms with Crippen molar-refractivity contribution in [3.05, 3.63) is 24.3 Å². The Morgan fingerprint density at radius 3 is 2.92 bits per heavy atom. The number of halogens is 1. The molecule has 2 rings (SSSR count). The molecule has 0 bridgehead atoms. The lowest BCUT2D eigenvalue weighted by Crippen LogP contribution is -2.02. The van der Waals surface area contributed by atoms with E-state index >= 15 is 0 Å². The molecule has 4 nitrogen and oxygen atoms in total. The molecule has 0 saturated heterocycles. The highest BCUT2D eigenvalue weighted by Gasteiger charge is 2.07. The number of aliphatic hydroxyl groups excluding tert-OH is 1. The molecule has 0 amide bonds. The number of aromatic nitrogens is 3. The van der Waals surface area contributed by atoms with Crippen LogP contribution < -0.4 is 0 Å². The monoisotopic (exact) mass is 183 g/mol. The summed E-state index contributed by atoms with van der Waals surface area (Å²) in [4.78, 5) is 0. The number of rotatable bonds is 1. The Hall–Kier alpha value is -1.13. The number of para-hydroxylation sites is 1. The standard InChI is InChI=1S/C7H6ClN3O/c8-7(12)11-6-4-2-1-3-5(6)9-10-11/h1-4,7,12H. The van der Waals surface area contributed by atoms with Crippen LogP contribution in [0.3, 0.4) is 0 Å². The van der Waals surface area contributed by atoms with E-state index in [1.54, 1.807) is 12.1 Å². The number of hydrogen-bond acceptors (Lipinski definition) is 3.